The average Bonchev–Trinajstić information content (AvgIpc) is 2.41. The molecule has 0 bridgehead atoms. The van der Waals surface area contributed by atoms with E-state index in [1.807, 2.05) is 24.3 Å². The third kappa shape index (κ3) is 4.12. The third-order valence-corrected chi connectivity index (χ3v) is 3.69. The number of hydrogen-bond acceptors (Lipinski definition) is 5. The van der Waals surface area contributed by atoms with Gasteiger partial charge in [-0.3, -0.25) is 5.43 Å². The first-order chi connectivity index (χ1) is 9.45. The van der Waals surface area contributed by atoms with Crippen molar-refractivity contribution in [2.45, 2.75) is 4.90 Å². The molecule has 0 atom stereocenters. The van der Waals surface area contributed by atoms with Crippen molar-refractivity contribution < 1.29 is 13.0 Å². The minimum atomic E-state index is -4.43. The summed E-state index contributed by atoms with van der Waals surface area (Å²) in [5, 5.41) is 7.62. The Kier molecular flexibility index (Phi) is 4.48. The van der Waals surface area contributed by atoms with Crippen LogP contribution in [0.3, 0.4) is 0 Å². The lowest BCUT2D eigenvalue weighted by atomic mass is 10.3. The Morgan fingerprint density at radius 2 is 1.60 bits per heavy atom. The van der Waals surface area contributed by atoms with Gasteiger partial charge in [0, 0.05) is 4.47 Å². The van der Waals surface area contributed by atoms with Gasteiger partial charge in [0.05, 0.1) is 16.3 Å². The Balaban J connectivity index is 2.03. The third-order valence-electron chi connectivity index (χ3n) is 2.31. The van der Waals surface area contributed by atoms with Crippen LogP contribution in [0.2, 0.25) is 0 Å². The van der Waals surface area contributed by atoms with Crippen LogP contribution >= 0.6 is 15.9 Å². The van der Waals surface area contributed by atoms with E-state index in [1.165, 1.54) is 24.3 Å². The molecule has 0 heterocycles. The van der Waals surface area contributed by atoms with Crippen molar-refractivity contribution in [3.05, 3.63) is 53.0 Å². The van der Waals surface area contributed by atoms with Gasteiger partial charge in [-0.2, -0.15) is 0 Å². The summed E-state index contributed by atoms with van der Waals surface area (Å²) in [6, 6.07) is 12.5. The number of rotatable bonds is 4. The molecule has 0 aliphatic carbocycles. The molecule has 0 unspecified atom stereocenters. The maximum atomic E-state index is 10.7. The second kappa shape index (κ2) is 6.12. The van der Waals surface area contributed by atoms with Crippen LogP contribution in [0.1, 0.15) is 0 Å². The SMILES string of the molecule is O=S(=O)([O-])c1ccc(N=NNc2ccc(Br)cc2)cc1. The van der Waals surface area contributed by atoms with Crippen molar-refractivity contribution in [2.24, 2.45) is 10.3 Å². The molecule has 0 spiro atoms. The molecule has 0 aliphatic rings. The van der Waals surface area contributed by atoms with Gasteiger partial charge < -0.3 is 4.55 Å². The molecule has 0 fully saturated rings. The summed E-state index contributed by atoms with van der Waals surface area (Å²) in [4.78, 5) is -0.294. The Labute approximate surface area is 124 Å². The van der Waals surface area contributed by atoms with Crippen molar-refractivity contribution in [2.75, 3.05) is 5.43 Å². The van der Waals surface area contributed by atoms with Crippen LogP contribution in [0.4, 0.5) is 11.4 Å². The molecule has 104 valence electrons. The number of hydrogen-bond donors (Lipinski definition) is 1. The molecule has 6 nitrogen and oxygen atoms in total. The number of nitrogens with zero attached hydrogens (tertiary/aromatic N) is 2. The van der Waals surface area contributed by atoms with Crippen LogP contribution in [0.5, 0.6) is 0 Å². The normalized spacial score (nSPS) is 11.7. The summed E-state index contributed by atoms with van der Waals surface area (Å²) in [5.74, 6) is 0. The van der Waals surface area contributed by atoms with E-state index in [0.717, 1.165) is 10.2 Å². The predicted octanol–water partition coefficient (Wildman–Crippen LogP) is 3.46. The molecule has 2 aromatic carbocycles. The van der Waals surface area contributed by atoms with Gasteiger partial charge in [-0.05, 0) is 48.5 Å². The van der Waals surface area contributed by atoms with Crippen LogP contribution in [-0.4, -0.2) is 13.0 Å². The van der Waals surface area contributed by atoms with Crippen molar-refractivity contribution in [1.29, 1.82) is 0 Å². The van der Waals surface area contributed by atoms with E-state index in [1.54, 1.807) is 0 Å². The first-order valence-corrected chi connectivity index (χ1v) is 7.63. The zero-order chi connectivity index (χ0) is 14.6. The average molecular weight is 355 g/mol. The zero-order valence-electron chi connectivity index (χ0n) is 10.0. The fraction of sp³-hybridized carbons (Fsp3) is 0. The van der Waals surface area contributed by atoms with Gasteiger partial charge in [0.25, 0.3) is 0 Å². The molecule has 0 radical (unpaired) electrons. The van der Waals surface area contributed by atoms with Crippen molar-refractivity contribution in [3.8, 4) is 0 Å². The lowest BCUT2D eigenvalue weighted by Crippen LogP contribution is -1.97. The highest BCUT2D eigenvalue weighted by molar-refractivity contribution is 9.10. The molecule has 0 amide bonds. The highest BCUT2D eigenvalue weighted by atomic mass is 79.9. The van der Waals surface area contributed by atoms with E-state index >= 15 is 0 Å². The molecular weight excluding hydrogens is 346 g/mol. The lowest BCUT2D eigenvalue weighted by molar-refractivity contribution is 0.463. The van der Waals surface area contributed by atoms with Crippen LogP contribution in [0, 0.1) is 0 Å². The maximum Gasteiger partial charge on any atom is 0.124 e. The molecule has 0 aromatic heterocycles. The predicted molar refractivity (Wildman–Crippen MR) is 76.7 cm³/mol. The number of benzene rings is 2. The van der Waals surface area contributed by atoms with Gasteiger partial charge in [-0.25, -0.2) is 8.42 Å². The molecule has 0 aliphatic heterocycles. The minimum absolute atomic E-state index is 0.294. The minimum Gasteiger partial charge on any atom is -0.744 e. The molecular formula is C12H9BrN3O3S-. The van der Waals surface area contributed by atoms with Gasteiger partial charge in [0.15, 0.2) is 0 Å². The number of nitrogens with one attached hydrogen (secondary N) is 1. The molecule has 8 heteroatoms. The highest BCUT2D eigenvalue weighted by Crippen LogP contribution is 2.18. The second-order valence-corrected chi connectivity index (χ2v) is 6.06. The van der Waals surface area contributed by atoms with Gasteiger partial charge in [-0.1, -0.05) is 21.2 Å². The van der Waals surface area contributed by atoms with Crippen molar-refractivity contribution in [3.63, 3.8) is 0 Å². The van der Waals surface area contributed by atoms with Gasteiger partial charge in [0.2, 0.25) is 0 Å². The summed E-state index contributed by atoms with van der Waals surface area (Å²) in [7, 11) is -4.43. The summed E-state index contributed by atoms with van der Waals surface area (Å²) in [6.45, 7) is 0. The van der Waals surface area contributed by atoms with Crippen LogP contribution in [0.15, 0.2) is 68.2 Å². The number of halogens is 1. The molecule has 2 aromatic rings. The molecule has 1 N–H and O–H groups in total. The van der Waals surface area contributed by atoms with E-state index in [4.69, 9.17) is 0 Å². The molecule has 2 rings (SSSR count). The summed E-state index contributed by atoms with van der Waals surface area (Å²) in [6.07, 6.45) is 0. The monoisotopic (exact) mass is 354 g/mol. The smallest absolute Gasteiger partial charge is 0.124 e. The quantitative estimate of drug-likeness (QED) is 0.516. The summed E-state index contributed by atoms with van der Waals surface area (Å²) in [5.41, 5.74) is 3.92. The topological polar surface area (TPSA) is 94.0 Å². The Bertz CT molecular complexity index is 713. The Morgan fingerprint density at radius 1 is 1.00 bits per heavy atom. The van der Waals surface area contributed by atoms with Crippen molar-refractivity contribution >= 4 is 37.4 Å². The lowest BCUT2D eigenvalue weighted by Gasteiger charge is -2.05. The van der Waals surface area contributed by atoms with E-state index in [9.17, 15) is 13.0 Å². The second-order valence-electron chi connectivity index (χ2n) is 3.77. The first-order valence-electron chi connectivity index (χ1n) is 5.43. The largest absolute Gasteiger partial charge is 0.744 e. The molecule has 20 heavy (non-hydrogen) atoms. The summed E-state index contributed by atoms with van der Waals surface area (Å²) < 4.78 is 33.2. The standard InChI is InChI=1S/C12H10BrN3O3S/c13-9-1-3-10(4-2-9)14-16-15-11-5-7-12(8-6-11)20(17,18)19/h1-8H,(H,14,15)(H,17,18,19)/p-1. The van der Waals surface area contributed by atoms with E-state index in [2.05, 4.69) is 31.7 Å². The maximum absolute atomic E-state index is 10.7. The first kappa shape index (κ1) is 14.6. The van der Waals surface area contributed by atoms with Crippen LogP contribution < -0.4 is 5.43 Å². The van der Waals surface area contributed by atoms with E-state index in [-0.39, 0.29) is 4.90 Å². The molecule has 0 saturated carbocycles. The fourth-order valence-corrected chi connectivity index (χ4v) is 2.08. The van der Waals surface area contributed by atoms with Gasteiger partial charge >= 0.3 is 0 Å². The zero-order valence-corrected chi connectivity index (χ0v) is 12.4. The summed E-state index contributed by atoms with van der Waals surface area (Å²) >= 11 is 3.32. The van der Waals surface area contributed by atoms with Gasteiger partial charge in [-0.15, -0.1) is 5.11 Å². The number of anilines is 1. The van der Waals surface area contributed by atoms with Crippen molar-refractivity contribution in [1.82, 2.24) is 0 Å². The Morgan fingerprint density at radius 3 is 2.15 bits per heavy atom. The van der Waals surface area contributed by atoms with E-state index < -0.39 is 10.1 Å². The Hall–Kier alpha value is -1.77. The van der Waals surface area contributed by atoms with Crippen LogP contribution in [0.25, 0.3) is 0 Å². The fourth-order valence-electron chi connectivity index (χ4n) is 1.34. The van der Waals surface area contributed by atoms with E-state index in [0.29, 0.717) is 5.69 Å². The highest BCUT2D eigenvalue weighted by Gasteiger charge is 2.00. The van der Waals surface area contributed by atoms with Crippen LogP contribution in [-0.2, 0) is 10.1 Å². The molecule has 0 saturated heterocycles. The van der Waals surface area contributed by atoms with Gasteiger partial charge in [0.1, 0.15) is 10.1 Å².